The van der Waals surface area contributed by atoms with Gasteiger partial charge in [0.2, 0.25) is 5.91 Å². The van der Waals surface area contributed by atoms with Crippen LogP contribution in [0.3, 0.4) is 0 Å². The topological polar surface area (TPSA) is 122 Å². The molecule has 1 heterocycles. The number of nitrogens with zero attached hydrogens (tertiary/aromatic N) is 1. The Morgan fingerprint density at radius 1 is 1.30 bits per heavy atom. The van der Waals surface area contributed by atoms with Gasteiger partial charge in [0, 0.05) is 6.04 Å². The first-order valence-corrected chi connectivity index (χ1v) is 7.42. The molecule has 0 radical (unpaired) electrons. The Kier molecular flexibility index (Phi) is 5.68. The summed E-state index contributed by atoms with van der Waals surface area (Å²) in [5.74, 6) is -1.64. The van der Waals surface area contributed by atoms with E-state index < -0.39 is 30.6 Å². The van der Waals surface area contributed by atoms with Crippen molar-refractivity contribution in [3.8, 4) is 6.07 Å². The maximum Gasteiger partial charge on any atom is 0.322 e. The number of hydrogen-bond acceptors (Lipinski definition) is 5. The first-order chi connectivity index (χ1) is 11.0. The van der Waals surface area contributed by atoms with E-state index in [1.807, 2.05) is 12.1 Å². The number of benzene rings is 1. The van der Waals surface area contributed by atoms with E-state index in [0.717, 1.165) is 5.56 Å². The smallest absolute Gasteiger partial charge is 0.322 e. The maximum absolute atomic E-state index is 12.0. The Morgan fingerprint density at radius 2 is 2.00 bits per heavy atom. The van der Waals surface area contributed by atoms with Crippen molar-refractivity contribution in [3.05, 3.63) is 35.4 Å². The van der Waals surface area contributed by atoms with E-state index in [9.17, 15) is 14.7 Å². The number of piperidine rings is 1. The molecule has 0 aliphatic carbocycles. The van der Waals surface area contributed by atoms with Gasteiger partial charge in [-0.1, -0.05) is 12.1 Å². The second-order valence-electron chi connectivity index (χ2n) is 5.61. The molecule has 0 saturated carbocycles. The van der Waals surface area contributed by atoms with Crippen LogP contribution in [0.15, 0.2) is 24.3 Å². The van der Waals surface area contributed by atoms with Gasteiger partial charge >= 0.3 is 5.97 Å². The molecule has 7 heteroatoms. The molecule has 0 bridgehead atoms. The summed E-state index contributed by atoms with van der Waals surface area (Å²) < 4.78 is 0. The normalized spacial score (nSPS) is 23.7. The fourth-order valence-electron chi connectivity index (χ4n) is 2.67. The van der Waals surface area contributed by atoms with E-state index in [2.05, 4.69) is 16.7 Å². The zero-order valence-corrected chi connectivity index (χ0v) is 12.5. The summed E-state index contributed by atoms with van der Waals surface area (Å²) in [6.07, 6.45) is 1.02. The molecular formula is C16H19N3O4. The highest BCUT2D eigenvalue weighted by molar-refractivity contribution is 5.85. The summed E-state index contributed by atoms with van der Waals surface area (Å²) in [5.41, 5.74) is 1.62. The number of carbonyl (C=O) groups is 2. The highest BCUT2D eigenvalue weighted by atomic mass is 16.4. The van der Waals surface area contributed by atoms with Crippen LogP contribution >= 0.6 is 0 Å². The molecule has 1 aliphatic heterocycles. The maximum atomic E-state index is 12.0. The lowest BCUT2D eigenvalue weighted by Gasteiger charge is -2.34. The number of carboxylic acid groups (broad SMARTS) is 1. The van der Waals surface area contributed by atoms with Crippen molar-refractivity contribution in [1.29, 1.82) is 5.26 Å². The molecular weight excluding hydrogens is 298 g/mol. The van der Waals surface area contributed by atoms with Gasteiger partial charge in [-0.05, 0) is 37.0 Å². The number of nitriles is 1. The van der Waals surface area contributed by atoms with Crippen LogP contribution in [-0.4, -0.2) is 46.8 Å². The van der Waals surface area contributed by atoms with E-state index >= 15 is 0 Å². The summed E-state index contributed by atoms with van der Waals surface area (Å²) in [6.45, 7) is -0.468. The van der Waals surface area contributed by atoms with Gasteiger partial charge in [0.1, 0.15) is 12.6 Å². The van der Waals surface area contributed by atoms with Crippen molar-refractivity contribution in [1.82, 2.24) is 10.6 Å². The van der Waals surface area contributed by atoms with Gasteiger partial charge in [0.15, 0.2) is 0 Å². The van der Waals surface area contributed by atoms with Gasteiger partial charge in [-0.2, -0.15) is 5.26 Å². The van der Waals surface area contributed by atoms with Crippen LogP contribution in [0.1, 0.15) is 24.0 Å². The summed E-state index contributed by atoms with van der Waals surface area (Å²) in [6, 6.07) is 8.46. The minimum Gasteiger partial charge on any atom is -0.480 e. The Hall–Kier alpha value is -2.43. The number of aliphatic hydroxyl groups excluding tert-OH is 1. The van der Waals surface area contributed by atoms with Crippen LogP contribution in [0.25, 0.3) is 0 Å². The zero-order chi connectivity index (χ0) is 16.8. The van der Waals surface area contributed by atoms with E-state index in [1.165, 1.54) is 0 Å². The van der Waals surface area contributed by atoms with Crippen LogP contribution < -0.4 is 10.6 Å². The summed E-state index contributed by atoms with van der Waals surface area (Å²) in [7, 11) is 0. The highest BCUT2D eigenvalue weighted by Gasteiger charge is 2.33. The van der Waals surface area contributed by atoms with Crippen LogP contribution in [0.2, 0.25) is 0 Å². The van der Waals surface area contributed by atoms with Crippen molar-refractivity contribution >= 4 is 11.9 Å². The third kappa shape index (κ3) is 4.77. The van der Waals surface area contributed by atoms with Gasteiger partial charge in [0.05, 0.1) is 17.7 Å². The molecule has 2 rings (SSSR count). The Balaban J connectivity index is 1.94. The number of carbonyl (C=O) groups excluding carboxylic acids is 1. The molecule has 0 spiro atoms. The van der Waals surface area contributed by atoms with Crippen LogP contribution in [0.5, 0.6) is 0 Å². The Bertz CT molecular complexity index is 609. The van der Waals surface area contributed by atoms with E-state index in [1.54, 1.807) is 12.1 Å². The van der Waals surface area contributed by atoms with Crippen molar-refractivity contribution in [2.75, 3.05) is 6.54 Å². The molecule has 1 aromatic carbocycles. The molecule has 1 fully saturated rings. The molecule has 1 aliphatic rings. The molecule has 23 heavy (non-hydrogen) atoms. The van der Waals surface area contributed by atoms with Gasteiger partial charge in [-0.25, -0.2) is 0 Å². The average Bonchev–Trinajstić information content (AvgIpc) is 2.55. The van der Waals surface area contributed by atoms with Crippen molar-refractivity contribution in [3.63, 3.8) is 0 Å². The van der Waals surface area contributed by atoms with Gasteiger partial charge in [0.25, 0.3) is 0 Å². The fraction of sp³-hybridized carbons (Fsp3) is 0.438. The number of aliphatic hydroxyl groups is 1. The van der Waals surface area contributed by atoms with Crippen molar-refractivity contribution in [2.45, 2.75) is 37.5 Å². The minimum absolute atomic E-state index is 0.00640. The quantitative estimate of drug-likeness (QED) is 0.596. The summed E-state index contributed by atoms with van der Waals surface area (Å²) in [5, 5.41) is 32.7. The lowest BCUT2D eigenvalue weighted by Crippen LogP contribution is -2.58. The van der Waals surface area contributed by atoms with Crippen LogP contribution in [-0.2, 0) is 16.0 Å². The van der Waals surface area contributed by atoms with Gasteiger partial charge in [-0.15, -0.1) is 0 Å². The fourth-order valence-corrected chi connectivity index (χ4v) is 2.67. The van der Waals surface area contributed by atoms with Gasteiger partial charge in [-0.3, -0.25) is 9.59 Å². The number of rotatable bonds is 5. The van der Waals surface area contributed by atoms with E-state index in [4.69, 9.17) is 10.4 Å². The first-order valence-electron chi connectivity index (χ1n) is 7.42. The van der Waals surface area contributed by atoms with E-state index in [0.29, 0.717) is 24.8 Å². The highest BCUT2D eigenvalue weighted by Crippen LogP contribution is 2.18. The lowest BCUT2D eigenvalue weighted by molar-refractivity contribution is -0.139. The monoisotopic (exact) mass is 317 g/mol. The number of aliphatic carboxylic acids is 1. The molecule has 1 saturated heterocycles. The first kappa shape index (κ1) is 16.9. The third-order valence-corrected chi connectivity index (χ3v) is 3.87. The lowest BCUT2D eigenvalue weighted by atomic mass is 9.91. The number of amides is 1. The second-order valence-corrected chi connectivity index (χ2v) is 5.61. The van der Waals surface area contributed by atoms with Crippen molar-refractivity contribution < 1.29 is 19.8 Å². The summed E-state index contributed by atoms with van der Waals surface area (Å²) >= 11 is 0. The molecule has 3 atom stereocenters. The number of carboxylic acids is 1. The largest absolute Gasteiger partial charge is 0.480 e. The molecule has 4 N–H and O–H groups in total. The third-order valence-electron chi connectivity index (χ3n) is 3.87. The second kappa shape index (κ2) is 7.72. The molecule has 3 unspecified atom stereocenters. The SMILES string of the molecule is N#Cc1ccc(CC2CCC(O)C(C(=O)NCC(=O)O)N2)cc1. The van der Waals surface area contributed by atoms with Crippen LogP contribution in [0, 0.1) is 11.3 Å². The minimum atomic E-state index is -1.13. The van der Waals surface area contributed by atoms with Gasteiger partial charge < -0.3 is 20.8 Å². The number of nitrogens with one attached hydrogen (secondary N) is 2. The van der Waals surface area contributed by atoms with Crippen molar-refractivity contribution in [2.24, 2.45) is 0 Å². The predicted molar refractivity (Wildman–Crippen MR) is 81.5 cm³/mol. The average molecular weight is 317 g/mol. The number of hydrogen-bond donors (Lipinski definition) is 4. The molecule has 1 aromatic rings. The molecule has 0 aromatic heterocycles. The molecule has 1 amide bonds. The standard InChI is InChI=1S/C16H19N3O4/c17-8-11-3-1-10(2-4-11)7-12-5-6-13(20)15(19-12)16(23)18-9-14(21)22/h1-4,12-13,15,19-20H,5-7,9H2,(H,18,23)(H,21,22). The Labute approximate surface area is 133 Å². The zero-order valence-electron chi connectivity index (χ0n) is 12.5. The van der Waals surface area contributed by atoms with E-state index in [-0.39, 0.29) is 6.04 Å². The van der Waals surface area contributed by atoms with Crippen LogP contribution in [0.4, 0.5) is 0 Å². The summed E-state index contributed by atoms with van der Waals surface area (Å²) in [4.78, 5) is 22.5. The predicted octanol–water partition coefficient (Wildman–Crippen LogP) is -0.217. The molecule has 7 nitrogen and oxygen atoms in total. The Morgan fingerprint density at radius 3 is 2.61 bits per heavy atom. The molecule has 122 valence electrons.